The molecule has 6 rings (SSSR count). The van der Waals surface area contributed by atoms with E-state index in [2.05, 4.69) is 32.6 Å². The van der Waals surface area contributed by atoms with E-state index in [-0.39, 0.29) is 28.9 Å². The van der Waals surface area contributed by atoms with E-state index < -0.39 is 5.91 Å². The molecule has 0 unspecified atom stereocenters. The SMILES string of the molecule is C#CCCC1(CCOc2cccc(Cc3ccc(N4C(=O)c5c(C(=O)Nc6ccc(OC)c(C)c6)cnn5C[C@@H]4C)cc3)c2)N=N1. The van der Waals surface area contributed by atoms with Gasteiger partial charge in [-0.25, -0.2) is 0 Å². The van der Waals surface area contributed by atoms with Crippen molar-refractivity contribution in [3.63, 3.8) is 0 Å². The third-order valence-electron chi connectivity index (χ3n) is 8.38. The molecule has 0 bridgehead atoms. The summed E-state index contributed by atoms with van der Waals surface area (Å²) in [4.78, 5) is 28.9. The molecule has 3 aromatic carbocycles. The fourth-order valence-electron chi connectivity index (χ4n) is 5.84. The summed E-state index contributed by atoms with van der Waals surface area (Å²) in [6, 6.07) is 21.2. The number of carbonyl (C=O) groups excluding carboxylic acids is 2. The molecule has 1 N–H and O–H groups in total. The number of aromatic nitrogens is 2. The van der Waals surface area contributed by atoms with Gasteiger partial charge in [-0.05, 0) is 79.4 Å². The second-order valence-corrected chi connectivity index (χ2v) is 11.7. The van der Waals surface area contributed by atoms with E-state index in [1.165, 1.54) is 6.20 Å². The third-order valence-corrected chi connectivity index (χ3v) is 8.38. The van der Waals surface area contributed by atoms with Crippen LogP contribution < -0.4 is 19.7 Å². The van der Waals surface area contributed by atoms with E-state index in [1.54, 1.807) is 28.8 Å². The molecular formula is C36H36N6O4. The van der Waals surface area contributed by atoms with Crippen molar-refractivity contribution in [1.29, 1.82) is 0 Å². The number of nitrogens with zero attached hydrogens (tertiary/aromatic N) is 5. The summed E-state index contributed by atoms with van der Waals surface area (Å²) in [5.41, 5.74) is 4.62. The van der Waals surface area contributed by atoms with Crippen LogP contribution in [0.5, 0.6) is 11.5 Å². The Bertz CT molecular complexity index is 1830. The van der Waals surface area contributed by atoms with Crippen LogP contribution in [-0.2, 0) is 13.0 Å². The summed E-state index contributed by atoms with van der Waals surface area (Å²) in [5.74, 6) is 3.52. The van der Waals surface area contributed by atoms with Gasteiger partial charge in [0, 0.05) is 30.6 Å². The topological polar surface area (TPSA) is 110 Å². The number of hydrogen-bond acceptors (Lipinski definition) is 7. The number of methoxy groups -OCH3 is 1. The van der Waals surface area contributed by atoms with Gasteiger partial charge in [0.1, 0.15) is 17.2 Å². The van der Waals surface area contributed by atoms with Gasteiger partial charge in [0.05, 0.1) is 38.1 Å². The molecule has 4 aromatic rings. The minimum Gasteiger partial charge on any atom is -0.496 e. The molecule has 0 aliphatic carbocycles. The molecule has 2 aliphatic rings. The molecule has 1 atom stereocenters. The lowest BCUT2D eigenvalue weighted by atomic mass is 10.0. The number of amides is 2. The Balaban J connectivity index is 1.10. The molecule has 0 radical (unpaired) electrons. The minimum absolute atomic E-state index is 0.151. The van der Waals surface area contributed by atoms with E-state index in [1.807, 2.05) is 62.4 Å². The van der Waals surface area contributed by atoms with Gasteiger partial charge in [0.15, 0.2) is 5.66 Å². The predicted molar refractivity (Wildman–Crippen MR) is 176 cm³/mol. The average Bonchev–Trinajstić information content (AvgIpc) is 3.68. The first-order valence-electron chi connectivity index (χ1n) is 15.3. The highest BCUT2D eigenvalue weighted by Crippen LogP contribution is 2.36. The lowest BCUT2D eigenvalue weighted by Gasteiger charge is -2.34. The lowest BCUT2D eigenvalue weighted by Crippen LogP contribution is -2.47. The van der Waals surface area contributed by atoms with Crippen LogP contribution in [0, 0.1) is 19.3 Å². The summed E-state index contributed by atoms with van der Waals surface area (Å²) >= 11 is 0. The first-order chi connectivity index (χ1) is 22.3. The van der Waals surface area contributed by atoms with E-state index in [9.17, 15) is 9.59 Å². The Morgan fingerprint density at radius 2 is 1.89 bits per heavy atom. The summed E-state index contributed by atoms with van der Waals surface area (Å²) in [7, 11) is 1.60. The predicted octanol–water partition coefficient (Wildman–Crippen LogP) is 6.44. The van der Waals surface area contributed by atoms with Gasteiger partial charge in [-0.15, -0.1) is 12.3 Å². The fraction of sp³-hybridized carbons (Fsp3) is 0.306. The Morgan fingerprint density at radius 1 is 1.09 bits per heavy atom. The zero-order valence-electron chi connectivity index (χ0n) is 26.2. The van der Waals surface area contributed by atoms with Gasteiger partial charge >= 0.3 is 0 Å². The third kappa shape index (κ3) is 6.49. The Kier molecular flexibility index (Phi) is 8.57. The van der Waals surface area contributed by atoms with Crippen LogP contribution in [0.4, 0.5) is 11.4 Å². The number of fused-ring (bicyclic) bond motifs is 1. The lowest BCUT2D eigenvalue weighted by molar-refractivity contribution is 0.0933. The van der Waals surface area contributed by atoms with Gasteiger partial charge in [0.2, 0.25) is 0 Å². The average molecular weight is 617 g/mol. The number of anilines is 2. The molecule has 10 nitrogen and oxygen atoms in total. The number of carbonyl (C=O) groups is 2. The van der Waals surface area contributed by atoms with E-state index in [4.69, 9.17) is 15.9 Å². The number of aryl methyl sites for hydroxylation is 1. The summed E-state index contributed by atoms with van der Waals surface area (Å²) in [5, 5.41) is 15.6. The first-order valence-corrected chi connectivity index (χ1v) is 15.3. The van der Waals surface area contributed by atoms with Crippen molar-refractivity contribution >= 4 is 23.2 Å². The van der Waals surface area contributed by atoms with Crippen LogP contribution in [0.1, 0.15) is 63.7 Å². The molecule has 0 saturated heterocycles. The fourth-order valence-corrected chi connectivity index (χ4v) is 5.84. The van der Waals surface area contributed by atoms with E-state index in [0.717, 1.165) is 40.3 Å². The number of hydrogen-bond donors (Lipinski definition) is 1. The second kappa shape index (κ2) is 12.9. The Labute approximate surface area is 268 Å². The molecule has 0 fully saturated rings. The molecule has 0 saturated carbocycles. The smallest absolute Gasteiger partial charge is 0.277 e. The molecule has 3 heterocycles. The Morgan fingerprint density at radius 3 is 2.61 bits per heavy atom. The summed E-state index contributed by atoms with van der Waals surface area (Å²) in [6.07, 6.45) is 9.67. The van der Waals surface area contributed by atoms with Crippen LogP contribution in [-0.4, -0.2) is 47.0 Å². The monoisotopic (exact) mass is 616 g/mol. The highest BCUT2D eigenvalue weighted by molar-refractivity contribution is 6.15. The van der Waals surface area contributed by atoms with Crippen LogP contribution >= 0.6 is 0 Å². The normalized spacial score (nSPS) is 16.0. The molecule has 0 spiro atoms. The van der Waals surface area contributed by atoms with Gasteiger partial charge < -0.3 is 19.7 Å². The molecule has 2 aliphatic heterocycles. The molecule has 10 heteroatoms. The minimum atomic E-state index is -0.392. The van der Waals surface area contributed by atoms with Crippen molar-refractivity contribution in [2.75, 3.05) is 23.9 Å². The van der Waals surface area contributed by atoms with Gasteiger partial charge in [0.25, 0.3) is 11.8 Å². The molecule has 2 amide bonds. The highest BCUT2D eigenvalue weighted by atomic mass is 16.5. The molecule has 234 valence electrons. The molecular weight excluding hydrogens is 580 g/mol. The summed E-state index contributed by atoms with van der Waals surface area (Å²) < 4.78 is 12.9. The number of nitrogens with one attached hydrogen (secondary N) is 1. The van der Waals surface area contributed by atoms with Gasteiger partial charge in [-0.2, -0.15) is 15.3 Å². The second-order valence-electron chi connectivity index (χ2n) is 11.7. The molecule has 1 aromatic heterocycles. The van der Waals surface area contributed by atoms with Crippen LogP contribution in [0.15, 0.2) is 83.2 Å². The number of terminal acetylenes is 1. The van der Waals surface area contributed by atoms with Crippen molar-refractivity contribution in [2.24, 2.45) is 10.2 Å². The van der Waals surface area contributed by atoms with Crippen LogP contribution in [0.3, 0.4) is 0 Å². The van der Waals surface area contributed by atoms with Crippen molar-refractivity contribution in [2.45, 2.75) is 57.8 Å². The van der Waals surface area contributed by atoms with E-state index >= 15 is 0 Å². The maximum atomic E-state index is 13.9. The van der Waals surface area contributed by atoms with Gasteiger partial charge in [-0.1, -0.05) is 24.3 Å². The van der Waals surface area contributed by atoms with Crippen molar-refractivity contribution < 1.29 is 19.1 Å². The zero-order valence-corrected chi connectivity index (χ0v) is 26.2. The molecule has 46 heavy (non-hydrogen) atoms. The van der Waals surface area contributed by atoms with Gasteiger partial charge in [-0.3, -0.25) is 14.3 Å². The maximum Gasteiger partial charge on any atom is 0.277 e. The number of ether oxygens (including phenoxy) is 2. The standard InChI is InChI=1S/C36H36N6O4/c1-5-6-16-36(39-40-36)17-18-46-30-9-7-8-27(21-30)20-26-10-13-29(14-11-26)42-25(3)23-41-33(35(42)44)31(22-37-41)34(43)38-28-12-15-32(45-4)24(2)19-28/h1,7-15,19,21-22,25H,6,16-18,20,23H2,2-4H3,(H,38,43)/t25-/m0/s1. The highest BCUT2D eigenvalue weighted by Gasteiger charge is 2.39. The quantitative estimate of drug-likeness (QED) is 0.184. The van der Waals surface area contributed by atoms with Crippen LogP contribution in [0.25, 0.3) is 0 Å². The summed E-state index contributed by atoms with van der Waals surface area (Å²) in [6.45, 7) is 4.86. The van der Waals surface area contributed by atoms with Crippen molar-refractivity contribution in [3.05, 3.63) is 101 Å². The maximum absolute atomic E-state index is 13.9. The van der Waals surface area contributed by atoms with Crippen LogP contribution in [0.2, 0.25) is 0 Å². The van der Waals surface area contributed by atoms with Crippen molar-refractivity contribution in [1.82, 2.24) is 9.78 Å². The first kappa shape index (κ1) is 30.6. The largest absolute Gasteiger partial charge is 0.496 e. The van der Waals surface area contributed by atoms with Crippen molar-refractivity contribution in [3.8, 4) is 23.8 Å². The number of rotatable bonds is 12. The van der Waals surface area contributed by atoms with E-state index in [0.29, 0.717) is 38.1 Å². The zero-order chi connectivity index (χ0) is 32.3. The number of benzene rings is 3. The Hall–Kier alpha value is -5.43.